The molecule has 6 nitrogen and oxygen atoms in total. The highest BCUT2D eigenvalue weighted by Crippen LogP contribution is 2.21. The fraction of sp³-hybridized carbons (Fsp3) is 0.909. The smallest absolute Gasteiger partial charge is 0.0355 e. The number of piperazine rings is 1. The SMILES string of the molecule is CC(C)(C)N1CCCCC1.CC(C)(C)N1CCCCC1.CC(C)(C)N1CCCCC1.CC(C)(C)n1cccc1.CN1CCN(C(C)(C)C)CC1. The summed E-state index contributed by atoms with van der Waals surface area (Å²) in [5.74, 6) is 0. The molecule has 6 heteroatoms. The van der Waals surface area contributed by atoms with E-state index in [-0.39, 0.29) is 5.54 Å². The lowest BCUT2D eigenvalue weighted by Crippen LogP contribution is -2.52. The fourth-order valence-electron chi connectivity index (χ4n) is 6.95. The Bertz CT molecular complexity index is 874. The van der Waals surface area contributed by atoms with E-state index in [0.29, 0.717) is 22.2 Å². The molecule has 4 aliphatic heterocycles. The lowest BCUT2D eigenvalue weighted by molar-refractivity contribution is 0.0735. The van der Waals surface area contributed by atoms with Gasteiger partial charge in [-0.2, -0.15) is 0 Å². The molecule has 5 heterocycles. The molecule has 4 saturated heterocycles. The normalized spacial score (nSPS) is 21.3. The third-order valence-corrected chi connectivity index (χ3v) is 10.7. The molecule has 0 bridgehead atoms. The lowest BCUT2D eigenvalue weighted by Gasteiger charge is -2.41. The van der Waals surface area contributed by atoms with E-state index in [1.165, 1.54) is 123 Å². The average molecular weight is 703 g/mol. The summed E-state index contributed by atoms with van der Waals surface area (Å²) in [6, 6.07) is 4.09. The first-order valence-corrected chi connectivity index (χ1v) is 20.7. The molecule has 0 spiro atoms. The molecule has 50 heavy (non-hydrogen) atoms. The number of hydrogen-bond acceptors (Lipinski definition) is 5. The highest BCUT2D eigenvalue weighted by Gasteiger charge is 2.25. The number of likely N-dealkylation sites (N-methyl/N-ethyl adjacent to an activating group) is 1. The van der Waals surface area contributed by atoms with E-state index in [4.69, 9.17) is 0 Å². The Hall–Kier alpha value is -0.920. The Morgan fingerprint density at radius 2 is 0.540 bits per heavy atom. The second-order valence-corrected chi connectivity index (χ2v) is 20.4. The summed E-state index contributed by atoms with van der Waals surface area (Å²) in [6.07, 6.45) is 16.9. The van der Waals surface area contributed by atoms with Gasteiger partial charge in [0.2, 0.25) is 0 Å². The molecule has 5 rings (SSSR count). The van der Waals surface area contributed by atoms with E-state index in [9.17, 15) is 0 Å². The molecule has 1 aromatic heterocycles. The van der Waals surface area contributed by atoms with Crippen LogP contribution in [0.3, 0.4) is 0 Å². The largest absolute Gasteiger partial charge is 0.349 e. The molecule has 0 aromatic carbocycles. The number of nitrogens with zero attached hydrogens (tertiary/aromatic N) is 6. The molecule has 0 N–H and O–H groups in total. The van der Waals surface area contributed by atoms with Crippen LogP contribution in [-0.2, 0) is 5.54 Å². The Balaban J connectivity index is 0.000000313. The topological polar surface area (TPSA) is 21.1 Å². The molecule has 4 aliphatic rings. The van der Waals surface area contributed by atoms with Crippen LogP contribution in [0.15, 0.2) is 24.5 Å². The maximum absolute atomic E-state index is 2.58. The van der Waals surface area contributed by atoms with Crippen molar-refractivity contribution >= 4 is 0 Å². The summed E-state index contributed by atoms with van der Waals surface area (Å²) in [4.78, 5) is 12.7. The number of hydrogen-bond donors (Lipinski definition) is 0. The third kappa shape index (κ3) is 20.4. The Morgan fingerprint density at radius 3 is 0.720 bits per heavy atom. The predicted octanol–water partition coefficient (Wildman–Crippen LogP) is 10.1. The van der Waals surface area contributed by atoms with Gasteiger partial charge in [-0.3, -0.25) is 19.6 Å². The monoisotopic (exact) mass is 703 g/mol. The standard InChI is InChI=1S/C9H20N2.3C9H19N.C8H13N/c1-9(2,3)11-7-5-10(4)6-8-11;3*1-9(2,3)10-7-5-4-6-8-10;1-8(2,3)9-6-4-5-7-9/h5-8H2,1-4H3;3*4-8H2,1-3H3;4-7H,1-3H3. The second-order valence-electron chi connectivity index (χ2n) is 20.4. The third-order valence-electron chi connectivity index (χ3n) is 10.7. The maximum Gasteiger partial charge on any atom is 0.0355 e. The van der Waals surface area contributed by atoms with E-state index in [0.717, 1.165) is 0 Å². The van der Waals surface area contributed by atoms with Crippen molar-refractivity contribution in [1.82, 2.24) is 29.1 Å². The van der Waals surface area contributed by atoms with Crippen molar-refractivity contribution in [3.05, 3.63) is 24.5 Å². The van der Waals surface area contributed by atoms with Gasteiger partial charge in [-0.1, -0.05) is 19.3 Å². The first kappa shape index (κ1) is 47.1. The average Bonchev–Trinajstić information content (AvgIpc) is 3.59. The van der Waals surface area contributed by atoms with Crippen molar-refractivity contribution in [2.75, 3.05) is 72.5 Å². The summed E-state index contributed by atoms with van der Waals surface area (Å²) in [5, 5.41) is 0. The Kier molecular flexibility index (Phi) is 20.4. The second kappa shape index (κ2) is 21.7. The predicted molar refractivity (Wildman–Crippen MR) is 224 cm³/mol. The minimum atomic E-state index is 0.240. The zero-order valence-electron chi connectivity index (χ0n) is 36.9. The van der Waals surface area contributed by atoms with Gasteiger partial charge in [0.1, 0.15) is 0 Å². The van der Waals surface area contributed by atoms with E-state index >= 15 is 0 Å². The van der Waals surface area contributed by atoms with Crippen molar-refractivity contribution in [1.29, 1.82) is 0 Å². The Labute approximate surface area is 314 Å². The Morgan fingerprint density at radius 1 is 0.300 bits per heavy atom. The van der Waals surface area contributed by atoms with Gasteiger partial charge in [-0.15, -0.1) is 0 Å². The molecule has 0 radical (unpaired) electrons. The lowest BCUT2D eigenvalue weighted by atomic mass is 10.0. The zero-order valence-corrected chi connectivity index (χ0v) is 36.9. The van der Waals surface area contributed by atoms with Crippen molar-refractivity contribution in [3.8, 4) is 0 Å². The minimum Gasteiger partial charge on any atom is -0.349 e. The molecule has 0 amide bonds. The van der Waals surface area contributed by atoms with Gasteiger partial charge in [-0.25, -0.2) is 0 Å². The van der Waals surface area contributed by atoms with Gasteiger partial charge in [0.15, 0.2) is 0 Å². The molecule has 0 saturated carbocycles. The van der Waals surface area contributed by atoms with E-state index in [1.807, 2.05) is 12.1 Å². The van der Waals surface area contributed by atoms with Crippen LogP contribution < -0.4 is 0 Å². The van der Waals surface area contributed by atoms with Gasteiger partial charge in [0.25, 0.3) is 0 Å². The van der Waals surface area contributed by atoms with E-state index < -0.39 is 0 Å². The van der Waals surface area contributed by atoms with Gasteiger partial charge < -0.3 is 9.47 Å². The first-order chi connectivity index (χ1) is 22.9. The number of aromatic nitrogens is 1. The number of likely N-dealkylation sites (tertiary alicyclic amines) is 3. The summed E-state index contributed by atoms with van der Waals surface area (Å²) in [7, 11) is 2.19. The van der Waals surface area contributed by atoms with E-state index in [2.05, 4.69) is 152 Å². The van der Waals surface area contributed by atoms with Crippen LogP contribution in [0.5, 0.6) is 0 Å². The van der Waals surface area contributed by atoms with Crippen LogP contribution in [0.1, 0.15) is 162 Å². The molecule has 1 aromatic rings. The van der Waals surface area contributed by atoms with Crippen molar-refractivity contribution in [2.24, 2.45) is 0 Å². The van der Waals surface area contributed by atoms with Crippen LogP contribution in [0.2, 0.25) is 0 Å². The summed E-state index contributed by atoms with van der Waals surface area (Å²) < 4.78 is 2.19. The van der Waals surface area contributed by atoms with E-state index in [1.54, 1.807) is 0 Å². The molecular formula is C44H90N6. The molecular weight excluding hydrogens is 613 g/mol. The van der Waals surface area contributed by atoms with Crippen molar-refractivity contribution in [2.45, 2.75) is 189 Å². The summed E-state index contributed by atoms with van der Waals surface area (Å²) in [5.41, 5.74) is 1.81. The quantitative estimate of drug-likeness (QED) is 0.268. The molecule has 296 valence electrons. The first-order valence-electron chi connectivity index (χ1n) is 20.7. The van der Waals surface area contributed by atoms with Crippen LogP contribution in [0.25, 0.3) is 0 Å². The number of rotatable bonds is 0. The van der Waals surface area contributed by atoms with Crippen LogP contribution >= 0.6 is 0 Å². The highest BCUT2D eigenvalue weighted by molar-refractivity contribution is 4.94. The van der Waals surface area contributed by atoms with Crippen LogP contribution in [0.4, 0.5) is 0 Å². The molecule has 0 atom stereocenters. The van der Waals surface area contributed by atoms with Gasteiger partial charge >= 0.3 is 0 Å². The molecule has 4 fully saturated rings. The minimum absolute atomic E-state index is 0.240. The van der Waals surface area contributed by atoms with Gasteiger partial charge in [0, 0.05) is 66.3 Å². The van der Waals surface area contributed by atoms with Crippen molar-refractivity contribution < 1.29 is 0 Å². The summed E-state index contributed by atoms with van der Waals surface area (Å²) in [6.45, 7) is 46.9. The van der Waals surface area contributed by atoms with Crippen LogP contribution in [-0.4, -0.2) is 124 Å². The summed E-state index contributed by atoms with van der Waals surface area (Å²) >= 11 is 0. The molecule has 0 unspecified atom stereocenters. The fourth-order valence-corrected chi connectivity index (χ4v) is 6.95. The van der Waals surface area contributed by atoms with Gasteiger partial charge in [0.05, 0.1) is 0 Å². The maximum atomic E-state index is 2.58. The number of piperidine rings is 3. The molecule has 0 aliphatic carbocycles. The highest BCUT2D eigenvalue weighted by atomic mass is 15.3. The van der Waals surface area contributed by atoms with Crippen molar-refractivity contribution in [3.63, 3.8) is 0 Å². The zero-order chi connectivity index (χ0) is 38.2. The van der Waals surface area contributed by atoms with Crippen LogP contribution in [0, 0.1) is 0 Å². The van der Waals surface area contributed by atoms with Gasteiger partial charge in [-0.05, 0) is 201 Å².